The van der Waals surface area contributed by atoms with Crippen molar-refractivity contribution in [3.63, 3.8) is 0 Å². The van der Waals surface area contributed by atoms with Gasteiger partial charge in [0.2, 0.25) is 5.28 Å². The SMILES string of the molecule is CCCNc1nc(Cl)nc2sc(C(=O)OCCOC)c(C)c12. The van der Waals surface area contributed by atoms with E-state index >= 15 is 0 Å². The van der Waals surface area contributed by atoms with Gasteiger partial charge in [0.05, 0.1) is 12.0 Å². The average Bonchev–Trinajstić information content (AvgIpc) is 2.82. The largest absolute Gasteiger partial charge is 0.459 e. The molecule has 120 valence electrons. The molecule has 0 radical (unpaired) electrons. The first-order valence-corrected chi connectivity index (χ1v) is 8.14. The number of nitrogens with zero attached hydrogens (tertiary/aromatic N) is 2. The van der Waals surface area contributed by atoms with E-state index in [4.69, 9.17) is 21.1 Å². The first-order valence-electron chi connectivity index (χ1n) is 6.95. The molecule has 0 atom stereocenters. The lowest BCUT2D eigenvalue weighted by Crippen LogP contribution is -2.09. The molecule has 0 bridgehead atoms. The van der Waals surface area contributed by atoms with Gasteiger partial charge in [0, 0.05) is 13.7 Å². The van der Waals surface area contributed by atoms with Gasteiger partial charge in [0.25, 0.3) is 0 Å². The Labute approximate surface area is 137 Å². The van der Waals surface area contributed by atoms with E-state index < -0.39 is 0 Å². The number of fused-ring (bicyclic) bond motifs is 1. The maximum atomic E-state index is 12.2. The third-order valence-corrected chi connectivity index (χ3v) is 4.35. The number of anilines is 1. The molecule has 0 aliphatic heterocycles. The van der Waals surface area contributed by atoms with Crippen molar-refractivity contribution >= 4 is 44.9 Å². The molecular formula is C14H18ClN3O3S. The number of esters is 1. The Morgan fingerprint density at radius 1 is 1.36 bits per heavy atom. The van der Waals surface area contributed by atoms with Crippen LogP contribution >= 0.6 is 22.9 Å². The fourth-order valence-electron chi connectivity index (χ4n) is 1.96. The average molecular weight is 344 g/mol. The molecule has 2 rings (SSSR count). The lowest BCUT2D eigenvalue weighted by atomic mass is 10.2. The van der Waals surface area contributed by atoms with E-state index in [-0.39, 0.29) is 17.9 Å². The molecule has 22 heavy (non-hydrogen) atoms. The van der Waals surface area contributed by atoms with Gasteiger partial charge in [-0.1, -0.05) is 6.92 Å². The molecule has 6 nitrogen and oxygen atoms in total. The number of methoxy groups -OCH3 is 1. The van der Waals surface area contributed by atoms with Crippen LogP contribution in [-0.4, -0.2) is 42.8 Å². The van der Waals surface area contributed by atoms with Crippen molar-refractivity contribution in [3.05, 3.63) is 15.7 Å². The Morgan fingerprint density at radius 2 is 2.14 bits per heavy atom. The maximum Gasteiger partial charge on any atom is 0.348 e. The molecule has 0 saturated heterocycles. The summed E-state index contributed by atoms with van der Waals surface area (Å²) in [6, 6.07) is 0. The Balaban J connectivity index is 2.37. The van der Waals surface area contributed by atoms with Crippen molar-refractivity contribution in [1.29, 1.82) is 0 Å². The summed E-state index contributed by atoms with van der Waals surface area (Å²) in [5.74, 6) is 0.275. The Morgan fingerprint density at radius 3 is 2.82 bits per heavy atom. The number of hydrogen-bond acceptors (Lipinski definition) is 7. The van der Waals surface area contributed by atoms with Crippen LogP contribution in [0.4, 0.5) is 5.82 Å². The third kappa shape index (κ3) is 3.66. The van der Waals surface area contributed by atoms with Crippen LogP contribution in [-0.2, 0) is 9.47 Å². The number of halogens is 1. The van der Waals surface area contributed by atoms with Crippen LogP contribution in [0.2, 0.25) is 5.28 Å². The first-order chi connectivity index (χ1) is 10.6. The summed E-state index contributed by atoms with van der Waals surface area (Å²) in [5.41, 5.74) is 0.803. The molecule has 1 N–H and O–H groups in total. The van der Waals surface area contributed by atoms with Crippen LogP contribution < -0.4 is 5.32 Å². The summed E-state index contributed by atoms with van der Waals surface area (Å²) >= 11 is 7.22. The highest BCUT2D eigenvalue weighted by Gasteiger charge is 2.21. The Kier molecular flexibility index (Phi) is 5.93. The number of nitrogens with one attached hydrogen (secondary N) is 1. The van der Waals surface area contributed by atoms with Crippen LogP contribution in [0.15, 0.2) is 0 Å². The van der Waals surface area contributed by atoms with Crippen molar-refractivity contribution in [1.82, 2.24) is 9.97 Å². The zero-order valence-electron chi connectivity index (χ0n) is 12.7. The van der Waals surface area contributed by atoms with Crippen LogP contribution in [0.25, 0.3) is 10.2 Å². The highest BCUT2D eigenvalue weighted by molar-refractivity contribution is 7.20. The van der Waals surface area contributed by atoms with Crippen LogP contribution in [0, 0.1) is 6.92 Å². The van der Waals surface area contributed by atoms with Crippen molar-refractivity contribution in [3.8, 4) is 0 Å². The van der Waals surface area contributed by atoms with Crippen LogP contribution in [0.5, 0.6) is 0 Å². The van der Waals surface area contributed by atoms with Crippen molar-refractivity contribution in [2.45, 2.75) is 20.3 Å². The van der Waals surface area contributed by atoms with Crippen molar-refractivity contribution < 1.29 is 14.3 Å². The van der Waals surface area contributed by atoms with Gasteiger partial charge in [-0.05, 0) is 30.5 Å². The monoisotopic (exact) mass is 343 g/mol. The maximum absolute atomic E-state index is 12.2. The molecule has 0 unspecified atom stereocenters. The quantitative estimate of drug-likeness (QED) is 0.472. The van der Waals surface area contributed by atoms with E-state index in [1.54, 1.807) is 7.11 Å². The molecule has 2 heterocycles. The van der Waals surface area contributed by atoms with E-state index in [1.165, 1.54) is 11.3 Å². The predicted molar refractivity (Wildman–Crippen MR) is 88.1 cm³/mol. The minimum atomic E-state index is -0.380. The van der Waals surface area contributed by atoms with Crippen LogP contribution in [0.3, 0.4) is 0 Å². The zero-order valence-corrected chi connectivity index (χ0v) is 14.3. The number of carbonyl (C=O) groups is 1. The fourth-order valence-corrected chi connectivity index (χ4v) is 3.26. The molecule has 0 fully saturated rings. The molecule has 0 saturated carbocycles. The number of rotatable bonds is 7. The lowest BCUT2D eigenvalue weighted by Gasteiger charge is -2.06. The standard InChI is InChI=1S/C14H18ClN3O3S/c1-4-5-16-11-9-8(2)10(13(19)21-7-6-20-3)22-12(9)18-14(15)17-11/h4-7H2,1-3H3,(H,16,17,18). The topological polar surface area (TPSA) is 73.3 Å². The highest BCUT2D eigenvalue weighted by atomic mass is 35.5. The summed E-state index contributed by atoms with van der Waals surface area (Å²) in [4.78, 5) is 21.8. The fraction of sp³-hybridized carbons (Fsp3) is 0.500. The first kappa shape index (κ1) is 16.9. The summed E-state index contributed by atoms with van der Waals surface area (Å²) in [5, 5.41) is 4.20. The Bertz CT molecular complexity index is 675. The number of aromatic nitrogens is 2. The summed E-state index contributed by atoms with van der Waals surface area (Å²) in [7, 11) is 1.56. The van der Waals surface area contributed by atoms with Gasteiger partial charge >= 0.3 is 5.97 Å². The molecule has 0 spiro atoms. The number of thiophene rings is 1. The second-order valence-electron chi connectivity index (χ2n) is 4.63. The summed E-state index contributed by atoms with van der Waals surface area (Å²) in [6.45, 7) is 5.28. The number of ether oxygens (including phenoxy) is 2. The van der Waals surface area contributed by atoms with Gasteiger partial charge < -0.3 is 14.8 Å². The molecule has 0 amide bonds. The second-order valence-corrected chi connectivity index (χ2v) is 5.97. The minimum absolute atomic E-state index is 0.159. The summed E-state index contributed by atoms with van der Waals surface area (Å²) in [6.07, 6.45) is 0.957. The van der Waals surface area contributed by atoms with E-state index in [0.29, 0.717) is 22.1 Å². The van der Waals surface area contributed by atoms with Crippen molar-refractivity contribution in [2.24, 2.45) is 0 Å². The van der Waals surface area contributed by atoms with Gasteiger partial charge in [-0.2, -0.15) is 0 Å². The van der Waals surface area contributed by atoms with Gasteiger partial charge in [-0.3, -0.25) is 0 Å². The smallest absolute Gasteiger partial charge is 0.348 e. The predicted octanol–water partition coefficient (Wildman–Crippen LogP) is 3.28. The van der Waals surface area contributed by atoms with Crippen molar-refractivity contribution in [2.75, 3.05) is 32.2 Å². The number of hydrogen-bond donors (Lipinski definition) is 1. The van der Waals surface area contributed by atoms with E-state index in [1.807, 2.05) is 6.92 Å². The van der Waals surface area contributed by atoms with E-state index in [2.05, 4.69) is 22.2 Å². The van der Waals surface area contributed by atoms with Crippen LogP contribution in [0.1, 0.15) is 28.6 Å². The van der Waals surface area contributed by atoms with Gasteiger partial charge in [-0.15, -0.1) is 11.3 Å². The lowest BCUT2D eigenvalue weighted by molar-refractivity contribution is 0.0393. The third-order valence-electron chi connectivity index (χ3n) is 3.01. The molecule has 0 aliphatic carbocycles. The summed E-state index contributed by atoms with van der Waals surface area (Å²) < 4.78 is 10.0. The molecule has 8 heteroatoms. The van der Waals surface area contributed by atoms with E-state index in [0.717, 1.165) is 23.9 Å². The Hall–Kier alpha value is -1.44. The molecule has 2 aromatic heterocycles. The number of aryl methyl sites for hydroxylation is 1. The normalized spacial score (nSPS) is 10.9. The zero-order chi connectivity index (χ0) is 16.1. The highest BCUT2D eigenvalue weighted by Crippen LogP contribution is 2.35. The van der Waals surface area contributed by atoms with Gasteiger partial charge in [0.15, 0.2) is 0 Å². The van der Waals surface area contributed by atoms with Gasteiger partial charge in [0.1, 0.15) is 22.1 Å². The minimum Gasteiger partial charge on any atom is -0.459 e. The molecule has 0 aromatic carbocycles. The van der Waals surface area contributed by atoms with E-state index in [9.17, 15) is 4.79 Å². The second kappa shape index (κ2) is 7.71. The molecule has 0 aliphatic rings. The number of carbonyl (C=O) groups excluding carboxylic acids is 1. The molecular weight excluding hydrogens is 326 g/mol. The molecule has 2 aromatic rings. The van der Waals surface area contributed by atoms with Gasteiger partial charge in [-0.25, -0.2) is 14.8 Å².